The lowest BCUT2D eigenvalue weighted by Crippen LogP contribution is -2.40. The number of aromatic nitrogens is 1. The van der Waals surface area contributed by atoms with Gasteiger partial charge in [0.1, 0.15) is 10.7 Å². The van der Waals surface area contributed by atoms with Crippen LogP contribution in [0.5, 0.6) is 0 Å². The van der Waals surface area contributed by atoms with Gasteiger partial charge in [-0.1, -0.05) is 30.3 Å². The number of morpholine rings is 1. The van der Waals surface area contributed by atoms with Crippen LogP contribution in [0.25, 0.3) is 11.3 Å². The molecule has 7 nitrogen and oxygen atoms in total. The fourth-order valence-electron chi connectivity index (χ4n) is 3.55. The molecule has 2 aromatic carbocycles. The standard InChI is InChI=1S/C23H24FN3O4S/c24-20-9-6-19(16-22(20)32(29,30)27-12-14-31-15-13-27)26-23(28)11-8-18-7-10-21(25-18)17-4-2-1-3-5-17/h1-7,9-10,16,25H,8,11-15H2,(H,26,28). The number of hydrogen-bond donors (Lipinski definition) is 2. The molecule has 32 heavy (non-hydrogen) atoms. The zero-order chi connectivity index (χ0) is 22.6. The number of nitrogens with zero attached hydrogens (tertiary/aromatic N) is 1. The number of nitrogens with one attached hydrogen (secondary N) is 2. The molecule has 3 aromatic rings. The molecule has 1 saturated heterocycles. The van der Waals surface area contributed by atoms with Crippen LogP contribution in [0.4, 0.5) is 10.1 Å². The summed E-state index contributed by atoms with van der Waals surface area (Å²) in [7, 11) is -4.01. The van der Waals surface area contributed by atoms with E-state index in [4.69, 9.17) is 4.74 Å². The summed E-state index contributed by atoms with van der Waals surface area (Å²) in [5, 5.41) is 2.67. The largest absolute Gasteiger partial charge is 0.379 e. The molecule has 1 aliphatic rings. The molecule has 4 rings (SSSR count). The first-order valence-corrected chi connectivity index (χ1v) is 11.8. The van der Waals surface area contributed by atoms with E-state index in [1.165, 1.54) is 16.4 Å². The first-order valence-electron chi connectivity index (χ1n) is 10.3. The smallest absolute Gasteiger partial charge is 0.246 e. The average Bonchev–Trinajstić information content (AvgIpc) is 3.29. The van der Waals surface area contributed by atoms with Gasteiger partial charge >= 0.3 is 0 Å². The molecule has 0 bridgehead atoms. The monoisotopic (exact) mass is 457 g/mol. The molecule has 0 atom stereocenters. The van der Waals surface area contributed by atoms with Crippen LogP contribution in [-0.4, -0.2) is 49.9 Å². The van der Waals surface area contributed by atoms with Gasteiger partial charge in [-0.2, -0.15) is 4.31 Å². The molecule has 168 valence electrons. The molecule has 1 amide bonds. The molecule has 0 aliphatic carbocycles. The molecular formula is C23H24FN3O4S. The van der Waals surface area contributed by atoms with E-state index in [1.54, 1.807) is 0 Å². The quantitative estimate of drug-likeness (QED) is 0.569. The maximum atomic E-state index is 14.3. The number of aromatic amines is 1. The maximum absolute atomic E-state index is 14.3. The summed E-state index contributed by atoms with van der Waals surface area (Å²) < 4.78 is 46.3. The summed E-state index contributed by atoms with van der Waals surface area (Å²) in [5.41, 5.74) is 3.18. The fourth-order valence-corrected chi connectivity index (χ4v) is 5.05. The molecule has 0 radical (unpaired) electrons. The van der Waals surface area contributed by atoms with Crippen molar-refractivity contribution in [2.75, 3.05) is 31.6 Å². The number of H-pyrrole nitrogens is 1. The van der Waals surface area contributed by atoms with Crippen molar-refractivity contribution in [3.63, 3.8) is 0 Å². The first kappa shape index (κ1) is 22.2. The predicted molar refractivity (Wildman–Crippen MR) is 119 cm³/mol. The Balaban J connectivity index is 1.39. The average molecular weight is 458 g/mol. The number of amides is 1. The number of halogens is 1. The number of anilines is 1. The van der Waals surface area contributed by atoms with Gasteiger partial charge in [-0.15, -0.1) is 0 Å². The van der Waals surface area contributed by atoms with E-state index in [0.29, 0.717) is 6.42 Å². The fraction of sp³-hybridized carbons (Fsp3) is 0.261. The highest BCUT2D eigenvalue weighted by atomic mass is 32.2. The third-order valence-corrected chi connectivity index (χ3v) is 7.17. The molecule has 9 heteroatoms. The Morgan fingerprint density at radius 2 is 1.81 bits per heavy atom. The minimum absolute atomic E-state index is 0.166. The summed E-state index contributed by atoms with van der Waals surface area (Å²) in [6.07, 6.45) is 0.677. The number of benzene rings is 2. The number of aryl methyl sites for hydroxylation is 1. The maximum Gasteiger partial charge on any atom is 0.246 e. The van der Waals surface area contributed by atoms with Crippen LogP contribution >= 0.6 is 0 Å². The Morgan fingerprint density at radius 1 is 1.06 bits per heavy atom. The topological polar surface area (TPSA) is 91.5 Å². The Hall–Kier alpha value is -3.01. The molecule has 1 aromatic heterocycles. The second kappa shape index (κ2) is 9.64. The Morgan fingerprint density at radius 3 is 2.56 bits per heavy atom. The summed E-state index contributed by atoms with van der Waals surface area (Å²) >= 11 is 0. The second-order valence-electron chi connectivity index (χ2n) is 7.47. The van der Waals surface area contributed by atoms with Crippen molar-refractivity contribution >= 4 is 21.6 Å². The van der Waals surface area contributed by atoms with E-state index >= 15 is 0 Å². The highest BCUT2D eigenvalue weighted by Gasteiger charge is 2.29. The van der Waals surface area contributed by atoms with Crippen molar-refractivity contribution in [1.82, 2.24) is 9.29 Å². The van der Waals surface area contributed by atoms with Gasteiger partial charge in [0.05, 0.1) is 13.2 Å². The molecule has 1 aliphatic heterocycles. The molecule has 0 unspecified atom stereocenters. The number of ether oxygens (including phenoxy) is 1. The van der Waals surface area contributed by atoms with Crippen LogP contribution < -0.4 is 5.32 Å². The minimum Gasteiger partial charge on any atom is -0.379 e. The van der Waals surface area contributed by atoms with E-state index in [1.807, 2.05) is 42.5 Å². The van der Waals surface area contributed by atoms with Gasteiger partial charge in [-0.25, -0.2) is 12.8 Å². The Kier molecular flexibility index (Phi) is 6.69. The van der Waals surface area contributed by atoms with Gasteiger partial charge in [0.25, 0.3) is 0 Å². The van der Waals surface area contributed by atoms with Crippen molar-refractivity contribution in [3.8, 4) is 11.3 Å². The number of sulfonamides is 1. The lowest BCUT2D eigenvalue weighted by atomic mass is 10.2. The molecule has 2 heterocycles. The molecular weight excluding hydrogens is 433 g/mol. The highest BCUT2D eigenvalue weighted by molar-refractivity contribution is 7.89. The van der Waals surface area contributed by atoms with Crippen LogP contribution in [0, 0.1) is 5.82 Å². The van der Waals surface area contributed by atoms with Crippen LogP contribution in [0.15, 0.2) is 65.6 Å². The van der Waals surface area contributed by atoms with Crippen molar-refractivity contribution < 1.29 is 22.3 Å². The van der Waals surface area contributed by atoms with Crippen molar-refractivity contribution in [2.45, 2.75) is 17.7 Å². The summed E-state index contributed by atoms with van der Waals surface area (Å²) in [6.45, 7) is 0.864. The first-order chi connectivity index (χ1) is 15.4. The van der Waals surface area contributed by atoms with Gasteiger partial charge in [-0.05, 0) is 42.3 Å². The zero-order valence-corrected chi connectivity index (χ0v) is 18.2. The van der Waals surface area contributed by atoms with Crippen LogP contribution in [0.3, 0.4) is 0 Å². The number of hydrogen-bond acceptors (Lipinski definition) is 4. The summed E-state index contributed by atoms with van der Waals surface area (Å²) in [5.74, 6) is -1.14. The molecule has 0 saturated carbocycles. The van der Waals surface area contributed by atoms with E-state index in [0.717, 1.165) is 23.0 Å². The predicted octanol–water partition coefficient (Wildman–Crippen LogP) is 3.41. The van der Waals surface area contributed by atoms with Gasteiger partial charge in [0.2, 0.25) is 15.9 Å². The minimum atomic E-state index is -4.01. The zero-order valence-electron chi connectivity index (χ0n) is 17.4. The Bertz CT molecular complexity index is 1190. The lowest BCUT2D eigenvalue weighted by Gasteiger charge is -2.26. The van der Waals surface area contributed by atoms with E-state index in [9.17, 15) is 17.6 Å². The number of carbonyl (C=O) groups is 1. The lowest BCUT2D eigenvalue weighted by molar-refractivity contribution is -0.116. The van der Waals surface area contributed by atoms with Gasteiger partial charge < -0.3 is 15.0 Å². The third-order valence-electron chi connectivity index (χ3n) is 5.26. The van der Waals surface area contributed by atoms with Gasteiger partial charge in [0, 0.05) is 36.6 Å². The van der Waals surface area contributed by atoms with Crippen LogP contribution in [0.2, 0.25) is 0 Å². The third kappa shape index (κ3) is 5.07. The number of carbonyl (C=O) groups excluding carboxylic acids is 1. The molecule has 0 spiro atoms. The van der Waals surface area contributed by atoms with Crippen LogP contribution in [-0.2, 0) is 26.0 Å². The van der Waals surface area contributed by atoms with E-state index < -0.39 is 20.7 Å². The van der Waals surface area contributed by atoms with Gasteiger partial charge in [-0.3, -0.25) is 4.79 Å². The Labute approximate surface area is 186 Å². The summed E-state index contributed by atoms with van der Waals surface area (Å²) in [6, 6.07) is 17.3. The normalized spacial score (nSPS) is 14.9. The second-order valence-corrected chi connectivity index (χ2v) is 9.38. The van der Waals surface area contributed by atoms with E-state index in [-0.39, 0.29) is 44.3 Å². The van der Waals surface area contributed by atoms with Crippen molar-refractivity contribution in [2.24, 2.45) is 0 Å². The van der Waals surface area contributed by atoms with Crippen molar-refractivity contribution in [3.05, 3.63) is 72.2 Å². The van der Waals surface area contributed by atoms with Crippen molar-refractivity contribution in [1.29, 1.82) is 0 Å². The van der Waals surface area contributed by atoms with Crippen LogP contribution in [0.1, 0.15) is 12.1 Å². The molecule has 2 N–H and O–H groups in total. The highest BCUT2D eigenvalue weighted by Crippen LogP contribution is 2.24. The summed E-state index contributed by atoms with van der Waals surface area (Å²) in [4.78, 5) is 15.3. The number of rotatable bonds is 7. The molecule has 1 fully saturated rings. The van der Waals surface area contributed by atoms with Gasteiger partial charge in [0.15, 0.2) is 0 Å². The SMILES string of the molecule is O=C(CCc1ccc(-c2ccccc2)[nH]1)Nc1ccc(F)c(S(=O)(=O)N2CCOCC2)c1. The van der Waals surface area contributed by atoms with E-state index in [2.05, 4.69) is 10.3 Å².